The maximum absolute atomic E-state index is 13.1. The predicted octanol–water partition coefficient (Wildman–Crippen LogP) is 4.25. The van der Waals surface area contributed by atoms with Gasteiger partial charge in [-0.25, -0.2) is 9.78 Å². The Balaban J connectivity index is 1.81. The first kappa shape index (κ1) is 23.2. The molecule has 1 amide bonds. The van der Waals surface area contributed by atoms with Gasteiger partial charge >= 0.3 is 11.9 Å². The van der Waals surface area contributed by atoms with E-state index in [0.29, 0.717) is 23.6 Å². The van der Waals surface area contributed by atoms with Crippen molar-refractivity contribution < 1.29 is 33.4 Å². The molecule has 2 aromatic heterocycles. The Morgan fingerprint density at radius 2 is 1.97 bits per heavy atom. The van der Waals surface area contributed by atoms with Crippen LogP contribution in [-0.2, 0) is 14.3 Å². The number of rotatable bonds is 7. The van der Waals surface area contributed by atoms with Gasteiger partial charge in [0.05, 0.1) is 31.2 Å². The van der Waals surface area contributed by atoms with Crippen molar-refractivity contribution >= 4 is 39.9 Å². The Morgan fingerprint density at radius 3 is 2.59 bits per heavy atom. The number of esters is 1. The topological polar surface area (TPSA) is 119 Å². The van der Waals surface area contributed by atoms with Crippen LogP contribution in [0, 0.1) is 6.92 Å². The first-order valence-electron chi connectivity index (χ1n) is 10.5. The minimum Gasteiger partial charge on any atom is -0.507 e. The molecule has 34 heavy (non-hydrogen) atoms. The zero-order valence-corrected chi connectivity index (χ0v) is 19.5. The van der Waals surface area contributed by atoms with E-state index >= 15 is 0 Å². The lowest BCUT2D eigenvalue weighted by Crippen LogP contribution is -2.29. The van der Waals surface area contributed by atoms with Gasteiger partial charge in [0.1, 0.15) is 28.2 Å². The van der Waals surface area contributed by atoms with E-state index in [0.717, 1.165) is 22.7 Å². The van der Waals surface area contributed by atoms with Crippen molar-refractivity contribution in [3.05, 3.63) is 70.1 Å². The van der Waals surface area contributed by atoms with E-state index in [1.807, 2.05) is 6.92 Å². The smallest absolute Gasteiger partial charge is 0.350 e. The van der Waals surface area contributed by atoms with E-state index in [1.165, 1.54) is 13.4 Å². The van der Waals surface area contributed by atoms with Crippen LogP contribution in [0.2, 0.25) is 0 Å². The number of methoxy groups -OCH3 is 1. The number of benzene rings is 1. The molecule has 3 heterocycles. The number of aromatic nitrogens is 1. The van der Waals surface area contributed by atoms with Crippen LogP contribution in [0.15, 0.2) is 52.7 Å². The summed E-state index contributed by atoms with van der Waals surface area (Å²) in [5, 5.41) is 11.2. The highest BCUT2D eigenvalue weighted by molar-refractivity contribution is 7.17. The quantitative estimate of drug-likeness (QED) is 0.230. The molecule has 0 radical (unpaired) electrons. The second kappa shape index (κ2) is 9.52. The lowest BCUT2D eigenvalue weighted by molar-refractivity contribution is -0.132. The average Bonchev–Trinajstić information content (AvgIpc) is 3.56. The molecule has 0 bridgehead atoms. The van der Waals surface area contributed by atoms with Gasteiger partial charge < -0.3 is 19.0 Å². The molecule has 1 aliphatic rings. The maximum Gasteiger partial charge on any atom is 0.350 e. The number of thiazole rings is 1. The first-order valence-corrected chi connectivity index (χ1v) is 11.3. The minimum absolute atomic E-state index is 0.115. The van der Waals surface area contributed by atoms with Crippen molar-refractivity contribution in [3.63, 3.8) is 0 Å². The standard InChI is InChI=1S/C24H22N2O7S/c1-4-11-32-15-9-7-14(8-10-15)19(27)17-18(16-6-5-12-33-16)26(22(29)20(17)28)24-25-13(2)21(34-24)23(30)31-3/h5-10,12,18,27H,4,11H2,1-3H3/t18-/m0/s1. The summed E-state index contributed by atoms with van der Waals surface area (Å²) in [5.74, 6) is -1.86. The van der Waals surface area contributed by atoms with E-state index < -0.39 is 23.7 Å². The van der Waals surface area contributed by atoms with E-state index in [1.54, 1.807) is 43.3 Å². The van der Waals surface area contributed by atoms with Gasteiger partial charge in [0.2, 0.25) is 0 Å². The molecule has 1 aliphatic heterocycles. The molecule has 1 saturated heterocycles. The van der Waals surface area contributed by atoms with E-state index in [2.05, 4.69) is 4.98 Å². The zero-order chi connectivity index (χ0) is 24.4. The van der Waals surface area contributed by atoms with Crippen molar-refractivity contribution in [2.45, 2.75) is 26.3 Å². The number of ether oxygens (including phenoxy) is 2. The molecule has 0 aliphatic carbocycles. The van der Waals surface area contributed by atoms with Gasteiger partial charge in [-0.05, 0) is 49.7 Å². The molecule has 1 atom stereocenters. The molecule has 1 fully saturated rings. The molecule has 0 unspecified atom stereocenters. The summed E-state index contributed by atoms with van der Waals surface area (Å²) in [6.45, 7) is 4.15. The number of amides is 1. The maximum atomic E-state index is 13.1. The summed E-state index contributed by atoms with van der Waals surface area (Å²) in [6, 6.07) is 8.71. The minimum atomic E-state index is -1.07. The predicted molar refractivity (Wildman–Crippen MR) is 124 cm³/mol. The van der Waals surface area contributed by atoms with Gasteiger partial charge in [0, 0.05) is 5.56 Å². The van der Waals surface area contributed by atoms with Gasteiger partial charge in [0.15, 0.2) is 5.13 Å². The number of aryl methyl sites for hydroxylation is 1. The van der Waals surface area contributed by atoms with Crippen molar-refractivity contribution in [3.8, 4) is 5.75 Å². The number of ketones is 1. The van der Waals surface area contributed by atoms with Crippen LogP contribution in [0.4, 0.5) is 5.13 Å². The lowest BCUT2D eigenvalue weighted by Gasteiger charge is -2.20. The summed E-state index contributed by atoms with van der Waals surface area (Å²) < 4.78 is 15.9. The van der Waals surface area contributed by atoms with Crippen molar-refractivity contribution in [1.29, 1.82) is 0 Å². The fraction of sp³-hybridized carbons (Fsp3) is 0.250. The van der Waals surface area contributed by atoms with E-state index in [-0.39, 0.29) is 27.1 Å². The van der Waals surface area contributed by atoms with Crippen LogP contribution >= 0.6 is 11.3 Å². The number of carbonyl (C=O) groups excluding carboxylic acids is 3. The fourth-order valence-electron chi connectivity index (χ4n) is 3.60. The highest BCUT2D eigenvalue weighted by Crippen LogP contribution is 2.44. The number of hydrogen-bond acceptors (Lipinski definition) is 9. The second-order valence-electron chi connectivity index (χ2n) is 7.46. The number of aliphatic hydroxyl groups excluding tert-OH is 1. The third-order valence-corrected chi connectivity index (χ3v) is 6.36. The second-order valence-corrected chi connectivity index (χ2v) is 8.44. The third kappa shape index (κ3) is 4.08. The summed E-state index contributed by atoms with van der Waals surface area (Å²) in [4.78, 5) is 44.0. The van der Waals surface area contributed by atoms with Crippen LogP contribution in [-0.4, -0.2) is 41.5 Å². The molecule has 1 N–H and O–H groups in total. The number of carbonyl (C=O) groups is 3. The summed E-state index contributed by atoms with van der Waals surface area (Å²) in [6.07, 6.45) is 2.25. The molecule has 0 saturated carbocycles. The Kier molecular flexibility index (Phi) is 6.51. The molecule has 176 valence electrons. The largest absolute Gasteiger partial charge is 0.507 e. The first-order chi connectivity index (χ1) is 16.4. The van der Waals surface area contributed by atoms with Gasteiger partial charge in [-0.3, -0.25) is 14.5 Å². The zero-order valence-electron chi connectivity index (χ0n) is 18.7. The number of furan rings is 1. The lowest BCUT2D eigenvalue weighted by atomic mass is 9.99. The van der Waals surface area contributed by atoms with Crippen LogP contribution < -0.4 is 9.64 Å². The molecule has 0 spiro atoms. The Bertz CT molecular complexity index is 1260. The average molecular weight is 483 g/mol. The summed E-state index contributed by atoms with van der Waals surface area (Å²) in [7, 11) is 1.24. The van der Waals surface area contributed by atoms with E-state index in [4.69, 9.17) is 13.9 Å². The van der Waals surface area contributed by atoms with Gasteiger partial charge in [-0.15, -0.1) is 0 Å². The van der Waals surface area contributed by atoms with Gasteiger partial charge in [0.25, 0.3) is 5.78 Å². The molecule has 3 aromatic rings. The van der Waals surface area contributed by atoms with Crippen molar-refractivity contribution in [2.24, 2.45) is 0 Å². The fourth-order valence-corrected chi connectivity index (χ4v) is 4.61. The monoisotopic (exact) mass is 482 g/mol. The Labute approximate surface area is 199 Å². The molecule has 9 nitrogen and oxygen atoms in total. The molecular formula is C24H22N2O7S. The highest BCUT2D eigenvalue weighted by atomic mass is 32.1. The Morgan fingerprint density at radius 1 is 1.24 bits per heavy atom. The number of aliphatic hydroxyl groups is 1. The normalized spacial score (nSPS) is 17.3. The number of nitrogens with zero attached hydrogens (tertiary/aromatic N) is 2. The van der Waals surface area contributed by atoms with Crippen LogP contribution in [0.25, 0.3) is 5.76 Å². The number of anilines is 1. The molecule has 1 aromatic carbocycles. The van der Waals surface area contributed by atoms with Gasteiger partial charge in [-0.1, -0.05) is 18.3 Å². The number of hydrogen-bond donors (Lipinski definition) is 1. The summed E-state index contributed by atoms with van der Waals surface area (Å²) in [5.41, 5.74) is 0.549. The third-order valence-electron chi connectivity index (χ3n) is 5.22. The SMILES string of the molecule is CCCOc1ccc(C(O)=C2C(=O)C(=O)N(c3nc(C)c(C(=O)OC)s3)[C@H]2c2ccco2)cc1. The number of Topliss-reactive ketones (excluding diaryl/α,β-unsaturated/α-hetero) is 1. The van der Waals surface area contributed by atoms with Crippen LogP contribution in [0.1, 0.15) is 46.1 Å². The van der Waals surface area contributed by atoms with E-state index in [9.17, 15) is 19.5 Å². The van der Waals surface area contributed by atoms with Crippen molar-refractivity contribution in [1.82, 2.24) is 4.98 Å². The molecular weight excluding hydrogens is 460 g/mol. The molecule has 10 heteroatoms. The van der Waals surface area contributed by atoms with Gasteiger partial charge in [-0.2, -0.15) is 0 Å². The van der Waals surface area contributed by atoms with Crippen LogP contribution in [0.5, 0.6) is 5.75 Å². The van der Waals surface area contributed by atoms with Crippen molar-refractivity contribution in [2.75, 3.05) is 18.6 Å². The van der Waals surface area contributed by atoms with Crippen LogP contribution in [0.3, 0.4) is 0 Å². The Hall–Kier alpha value is -3.92. The molecule has 4 rings (SSSR count). The summed E-state index contributed by atoms with van der Waals surface area (Å²) >= 11 is 0.920. The highest BCUT2D eigenvalue weighted by Gasteiger charge is 2.49.